The molecule has 388 valence electrons. The Morgan fingerprint density at radius 2 is 1.21 bits per heavy atom. The second-order valence-corrected chi connectivity index (χ2v) is 19.7. The highest BCUT2D eigenvalue weighted by atomic mass is 35.5. The van der Waals surface area contributed by atoms with Gasteiger partial charge in [-0.05, 0) is 101 Å². The number of aliphatic hydroxyl groups excluding tert-OH is 1. The Hall–Kier alpha value is -3.68. The number of likely N-dealkylation sites (N-methyl/N-ethyl adjacent to an activating group) is 2. The SMILES string of the molecule is CN[C@@H](C)C(=O)N[C@H](C(=O)N1CCCC1C(=O)NC(COCC#CC#CCOC[C@@H](NC(=O)[C@@H](C)NC(=O)[C@H](NC(=O)[C@@H](CO)NC)C1CCCCC1)C(C)C)C1CCCCC1)C(C)(C)C.Cl.Cl. The summed E-state index contributed by atoms with van der Waals surface area (Å²) in [4.78, 5) is 81.8. The van der Waals surface area contributed by atoms with Crippen molar-refractivity contribution in [1.82, 2.24) is 42.1 Å². The minimum Gasteiger partial charge on any atom is -0.394 e. The van der Waals surface area contributed by atoms with Crippen LogP contribution in [0.15, 0.2) is 0 Å². The molecule has 1 heterocycles. The molecular formula is C49H84Cl2N8O9. The third-order valence-electron chi connectivity index (χ3n) is 13.2. The number of nitrogens with one attached hydrogen (secondary N) is 7. The molecule has 3 rings (SSSR count). The molecule has 0 radical (unpaired) electrons. The van der Waals surface area contributed by atoms with Crippen molar-refractivity contribution in [3.05, 3.63) is 0 Å². The van der Waals surface area contributed by atoms with Crippen LogP contribution in [0.5, 0.6) is 0 Å². The molecule has 8 N–H and O–H groups in total. The summed E-state index contributed by atoms with van der Waals surface area (Å²) < 4.78 is 11.8. The van der Waals surface area contributed by atoms with E-state index in [1.807, 2.05) is 34.6 Å². The average Bonchev–Trinajstić information content (AvgIpc) is 3.80. The molecule has 1 aliphatic heterocycles. The number of amides is 6. The van der Waals surface area contributed by atoms with Crippen LogP contribution in [0.3, 0.4) is 0 Å². The lowest BCUT2D eigenvalue weighted by Gasteiger charge is -2.37. The molecule has 0 aromatic carbocycles. The first-order valence-electron chi connectivity index (χ1n) is 24.3. The van der Waals surface area contributed by atoms with Gasteiger partial charge in [-0.3, -0.25) is 28.8 Å². The summed E-state index contributed by atoms with van der Waals surface area (Å²) in [5, 5.41) is 30.0. The summed E-state index contributed by atoms with van der Waals surface area (Å²) in [6.07, 6.45) is 11.0. The molecule has 3 aliphatic rings. The fraction of sp³-hybridized carbons (Fsp3) is 0.796. The Balaban J connectivity index is 0.0000116. The fourth-order valence-electron chi connectivity index (χ4n) is 8.76. The summed E-state index contributed by atoms with van der Waals surface area (Å²) in [6.45, 7) is 13.7. The van der Waals surface area contributed by atoms with Crippen LogP contribution in [0, 0.1) is 46.9 Å². The number of nitrogens with zero attached hydrogens (tertiary/aromatic N) is 1. The lowest BCUT2D eigenvalue weighted by Crippen LogP contribution is -2.60. The number of halogens is 2. The van der Waals surface area contributed by atoms with E-state index in [4.69, 9.17) is 9.47 Å². The van der Waals surface area contributed by atoms with Gasteiger partial charge in [0.1, 0.15) is 43.4 Å². The normalized spacial score (nSPS) is 19.6. The van der Waals surface area contributed by atoms with Crippen LogP contribution < -0.4 is 37.2 Å². The van der Waals surface area contributed by atoms with Crippen molar-refractivity contribution in [3.63, 3.8) is 0 Å². The quantitative estimate of drug-likeness (QED) is 0.0548. The van der Waals surface area contributed by atoms with Gasteiger partial charge in [-0.25, -0.2) is 0 Å². The van der Waals surface area contributed by atoms with Crippen LogP contribution in [-0.2, 0) is 38.2 Å². The molecule has 3 fully saturated rings. The molecule has 8 atom stereocenters. The molecule has 2 aliphatic carbocycles. The van der Waals surface area contributed by atoms with E-state index in [0.29, 0.717) is 19.4 Å². The van der Waals surface area contributed by atoms with Gasteiger partial charge in [0.2, 0.25) is 35.4 Å². The second kappa shape index (κ2) is 32.3. The molecule has 17 nitrogen and oxygen atoms in total. The van der Waals surface area contributed by atoms with Gasteiger partial charge >= 0.3 is 0 Å². The Labute approximate surface area is 418 Å². The molecule has 2 saturated carbocycles. The average molecular weight is 1000 g/mol. The number of ether oxygens (including phenoxy) is 2. The van der Waals surface area contributed by atoms with Gasteiger partial charge in [0.25, 0.3) is 0 Å². The number of aliphatic hydroxyl groups is 1. The number of likely N-dealkylation sites (tertiary alicyclic amines) is 1. The molecule has 0 aromatic heterocycles. The topological polar surface area (TPSA) is 229 Å². The largest absolute Gasteiger partial charge is 0.394 e. The molecule has 68 heavy (non-hydrogen) atoms. The van der Waals surface area contributed by atoms with Crippen LogP contribution in [0.4, 0.5) is 0 Å². The van der Waals surface area contributed by atoms with Crippen LogP contribution >= 0.6 is 24.8 Å². The van der Waals surface area contributed by atoms with E-state index in [1.54, 1.807) is 32.8 Å². The van der Waals surface area contributed by atoms with E-state index < -0.39 is 60.1 Å². The van der Waals surface area contributed by atoms with E-state index >= 15 is 0 Å². The molecule has 0 bridgehead atoms. The second-order valence-electron chi connectivity index (χ2n) is 19.7. The maximum absolute atomic E-state index is 14.0. The van der Waals surface area contributed by atoms with Crippen LogP contribution in [0.1, 0.15) is 126 Å². The molecule has 0 aromatic rings. The van der Waals surface area contributed by atoms with Crippen molar-refractivity contribution >= 4 is 60.3 Å². The van der Waals surface area contributed by atoms with E-state index in [2.05, 4.69) is 60.9 Å². The van der Waals surface area contributed by atoms with Gasteiger partial charge in [-0.1, -0.05) is 85.0 Å². The number of hydrogen-bond acceptors (Lipinski definition) is 11. The monoisotopic (exact) mass is 999 g/mol. The summed E-state index contributed by atoms with van der Waals surface area (Å²) in [7, 11) is 3.25. The van der Waals surface area contributed by atoms with Crippen molar-refractivity contribution in [2.75, 3.05) is 53.7 Å². The van der Waals surface area contributed by atoms with Gasteiger partial charge in [0.05, 0.1) is 37.9 Å². The number of rotatable bonds is 23. The summed E-state index contributed by atoms with van der Waals surface area (Å²) >= 11 is 0. The number of hydrogen-bond donors (Lipinski definition) is 8. The van der Waals surface area contributed by atoms with Crippen molar-refractivity contribution in [1.29, 1.82) is 0 Å². The van der Waals surface area contributed by atoms with Crippen LogP contribution in [0.25, 0.3) is 0 Å². The highest BCUT2D eigenvalue weighted by molar-refractivity contribution is 5.94. The number of carbonyl (C=O) groups is 6. The van der Waals surface area contributed by atoms with E-state index in [9.17, 15) is 33.9 Å². The minimum absolute atomic E-state index is 0. The predicted octanol–water partition coefficient (Wildman–Crippen LogP) is 2.36. The molecule has 2 unspecified atom stereocenters. The Morgan fingerprint density at radius 3 is 1.74 bits per heavy atom. The lowest BCUT2D eigenvalue weighted by atomic mass is 9.83. The maximum atomic E-state index is 14.0. The highest BCUT2D eigenvalue weighted by Gasteiger charge is 2.43. The molecule has 6 amide bonds. The van der Waals surface area contributed by atoms with Crippen LogP contribution in [-0.4, -0.2) is 147 Å². The zero-order valence-corrected chi connectivity index (χ0v) is 43.7. The molecule has 1 saturated heterocycles. The van der Waals surface area contributed by atoms with Gasteiger partial charge in [-0.15, -0.1) is 24.8 Å². The summed E-state index contributed by atoms with van der Waals surface area (Å²) in [6, 6.07) is -5.04. The summed E-state index contributed by atoms with van der Waals surface area (Å²) in [5.74, 6) is 9.52. The van der Waals surface area contributed by atoms with Crippen molar-refractivity contribution in [2.45, 2.75) is 174 Å². The van der Waals surface area contributed by atoms with Gasteiger partial charge in [0.15, 0.2) is 0 Å². The zero-order valence-electron chi connectivity index (χ0n) is 42.1. The number of carbonyl (C=O) groups excluding carboxylic acids is 6. The Morgan fingerprint density at radius 1 is 0.647 bits per heavy atom. The van der Waals surface area contributed by atoms with E-state index in [0.717, 1.165) is 64.2 Å². The van der Waals surface area contributed by atoms with E-state index in [-0.39, 0.29) is 105 Å². The van der Waals surface area contributed by atoms with Crippen molar-refractivity contribution in [3.8, 4) is 23.7 Å². The van der Waals surface area contributed by atoms with Crippen molar-refractivity contribution < 1.29 is 43.3 Å². The Kier molecular flexibility index (Phi) is 29.6. The zero-order chi connectivity index (χ0) is 48.8. The summed E-state index contributed by atoms with van der Waals surface area (Å²) in [5.41, 5.74) is -0.568. The molecular weight excluding hydrogens is 915 g/mol. The van der Waals surface area contributed by atoms with Gasteiger partial charge in [0, 0.05) is 6.54 Å². The highest BCUT2D eigenvalue weighted by Crippen LogP contribution is 2.30. The third-order valence-corrected chi connectivity index (χ3v) is 13.2. The van der Waals surface area contributed by atoms with Gasteiger partial charge in [-0.2, -0.15) is 0 Å². The standard InChI is InChI=1S/C49H82N8O9.2ClH/c1-32(2)38(53-44(60)34(4)52-47(63)41(36-23-16-13-17-24-36)55-45(61)37(29-58)51-9)30-65-27-18-10-11-19-28-66-31-39(35-21-14-12-15-22-35)54-46(62)40-25-20-26-57(40)48(64)42(49(5,6)7)56-43(59)33(3)50-8;;/h32-42,50-51,58H,12-17,20-31H2,1-9H3,(H,52,63)(H,53,60)(H,54,62)(H,55,61)(H,56,59);2*1H/t33-,34+,37+,38+,39?,40?,41+,42+;;/m0../s1. The Bertz CT molecular complexity index is 1710. The molecule has 0 spiro atoms. The maximum Gasteiger partial charge on any atom is 0.246 e. The fourth-order valence-corrected chi connectivity index (χ4v) is 8.76. The first kappa shape index (κ1) is 62.3. The lowest BCUT2D eigenvalue weighted by molar-refractivity contribution is -0.144. The first-order valence-corrected chi connectivity index (χ1v) is 24.3. The van der Waals surface area contributed by atoms with Crippen LogP contribution in [0.2, 0.25) is 0 Å². The smallest absolute Gasteiger partial charge is 0.246 e. The first-order chi connectivity index (χ1) is 31.4. The van der Waals surface area contributed by atoms with Gasteiger partial charge < -0.3 is 56.7 Å². The molecule has 19 heteroatoms. The van der Waals surface area contributed by atoms with Crippen molar-refractivity contribution in [2.24, 2.45) is 23.2 Å². The third kappa shape index (κ3) is 20.3. The minimum atomic E-state index is -0.875. The predicted molar refractivity (Wildman–Crippen MR) is 268 cm³/mol. The van der Waals surface area contributed by atoms with E-state index in [1.165, 1.54) is 0 Å².